The first-order valence-electron chi connectivity index (χ1n) is 12.2. The maximum absolute atomic E-state index is 12.8. The Hall–Kier alpha value is -3.54. The molecule has 0 aliphatic heterocycles. The van der Waals surface area contributed by atoms with Crippen LogP contribution in [0.3, 0.4) is 0 Å². The van der Waals surface area contributed by atoms with Crippen LogP contribution in [0.25, 0.3) is 0 Å². The van der Waals surface area contributed by atoms with E-state index in [4.69, 9.17) is 14.2 Å². The lowest BCUT2D eigenvalue weighted by Crippen LogP contribution is -2.24. The number of anilines is 2. The van der Waals surface area contributed by atoms with E-state index in [0.717, 1.165) is 35.5 Å². The van der Waals surface area contributed by atoms with Crippen LogP contribution in [-0.4, -0.2) is 29.8 Å². The molecule has 1 saturated carbocycles. The molecule has 0 spiro atoms. The van der Waals surface area contributed by atoms with Gasteiger partial charge in [-0.2, -0.15) is 0 Å². The van der Waals surface area contributed by atoms with Crippen molar-refractivity contribution in [1.29, 1.82) is 0 Å². The largest absolute Gasteiger partial charge is 0.493 e. The van der Waals surface area contributed by atoms with Crippen LogP contribution in [0.5, 0.6) is 11.5 Å². The summed E-state index contributed by atoms with van der Waals surface area (Å²) in [5.74, 6) is 1.10. The Bertz CT molecular complexity index is 1130. The zero-order valence-corrected chi connectivity index (χ0v) is 21.0. The number of aromatic nitrogens is 1. The third kappa shape index (κ3) is 6.53. The van der Waals surface area contributed by atoms with Gasteiger partial charge in [-0.15, -0.1) is 0 Å². The fourth-order valence-corrected chi connectivity index (χ4v) is 4.25. The molecule has 0 radical (unpaired) electrons. The summed E-state index contributed by atoms with van der Waals surface area (Å²) in [6.07, 6.45) is 8.33. The minimum atomic E-state index is -0.565. The monoisotopic (exact) mass is 474 g/mol. The van der Waals surface area contributed by atoms with Gasteiger partial charge >= 0.3 is 5.97 Å². The van der Waals surface area contributed by atoms with Crippen molar-refractivity contribution in [2.45, 2.75) is 64.7 Å². The van der Waals surface area contributed by atoms with Crippen LogP contribution in [0, 0.1) is 0 Å². The lowest BCUT2D eigenvalue weighted by molar-refractivity contribution is 0.00695. The van der Waals surface area contributed by atoms with E-state index in [1.807, 2.05) is 75.5 Å². The molecule has 2 aromatic carbocycles. The maximum Gasteiger partial charge on any atom is 0.338 e. The summed E-state index contributed by atoms with van der Waals surface area (Å²) < 4.78 is 17.6. The number of methoxy groups -OCH3 is 1. The van der Waals surface area contributed by atoms with Crippen molar-refractivity contribution in [3.63, 3.8) is 0 Å². The van der Waals surface area contributed by atoms with Crippen molar-refractivity contribution < 1.29 is 19.0 Å². The molecular formula is C29H34N2O4. The summed E-state index contributed by atoms with van der Waals surface area (Å²) in [6.45, 7) is 6.17. The van der Waals surface area contributed by atoms with Crippen LogP contribution in [0.15, 0.2) is 67.0 Å². The molecule has 0 atom stereocenters. The van der Waals surface area contributed by atoms with E-state index < -0.39 is 5.60 Å². The van der Waals surface area contributed by atoms with Gasteiger partial charge in [0.2, 0.25) is 0 Å². The van der Waals surface area contributed by atoms with Crippen LogP contribution in [-0.2, 0) is 11.3 Å². The van der Waals surface area contributed by atoms with Crippen molar-refractivity contribution >= 4 is 17.3 Å². The van der Waals surface area contributed by atoms with Gasteiger partial charge in [-0.25, -0.2) is 4.79 Å². The van der Waals surface area contributed by atoms with Crippen LogP contribution in [0.4, 0.5) is 11.4 Å². The van der Waals surface area contributed by atoms with E-state index in [1.165, 1.54) is 12.8 Å². The molecule has 3 aromatic rings. The highest BCUT2D eigenvalue weighted by molar-refractivity contribution is 5.91. The molecule has 0 amide bonds. The predicted molar refractivity (Wildman–Crippen MR) is 138 cm³/mol. The Labute approximate surface area is 207 Å². The Morgan fingerprint density at radius 1 is 1.00 bits per heavy atom. The molecule has 0 bridgehead atoms. The lowest BCUT2D eigenvalue weighted by atomic mass is 10.1. The molecule has 0 unspecified atom stereocenters. The number of nitrogens with zero attached hydrogens (tertiary/aromatic N) is 2. The van der Waals surface area contributed by atoms with E-state index in [2.05, 4.69) is 9.88 Å². The maximum atomic E-state index is 12.8. The molecule has 35 heavy (non-hydrogen) atoms. The van der Waals surface area contributed by atoms with Crippen LogP contribution in [0.1, 0.15) is 62.4 Å². The zero-order chi connectivity index (χ0) is 24.8. The van der Waals surface area contributed by atoms with Crippen molar-refractivity contribution in [2.24, 2.45) is 0 Å². The van der Waals surface area contributed by atoms with Gasteiger partial charge in [0.1, 0.15) is 5.60 Å². The molecule has 0 N–H and O–H groups in total. The molecular weight excluding hydrogens is 440 g/mol. The Balaban J connectivity index is 1.71. The molecule has 4 rings (SSSR count). The van der Waals surface area contributed by atoms with Crippen LogP contribution < -0.4 is 14.4 Å². The summed E-state index contributed by atoms with van der Waals surface area (Å²) in [7, 11) is 1.66. The first-order chi connectivity index (χ1) is 16.8. The zero-order valence-electron chi connectivity index (χ0n) is 21.0. The molecule has 6 heteroatoms. The molecule has 184 valence electrons. The molecule has 1 aliphatic carbocycles. The van der Waals surface area contributed by atoms with Gasteiger partial charge in [-0.1, -0.05) is 12.1 Å². The molecule has 1 heterocycles. The average molecular weight is 475 g/mol. The third-order valence-electron chi connectivity index (χ3n) is 5.91. The van der Waals surface area contributed by atoms with Gasteiger partial charge in [-0.05, 0) is 88.4 Å². The first kappa shape index (κ1) is 24.6. The second-order valence-corrected chi connectivity index (χ2v) is 9.86. The van der Waals surface area contributed by atoms with Gasteiger partial charge in [0.05, 0.1) is 18.8 Å². The minimum absolute atomic E-state index is 0.210. The highest BCUT2D eigenvalue weighted by atomic mass is 16.6. The Morgan fingerprint density at radius 2 is 1.77 bits per heavy atom. The molecule has 1 fully saturated rings. The highest BCUT2D eigenvalue weighted by Crippen LogP contribution is 2.38. The van der Waals surface area contributed by atoms with E-state index in [9.17, 15) is 4.79 Å². The average Bonchev–Trinajstić information content (AvgIpc) is 3.35. The predicted octanol–water partition coefficient (Wildman–Crippen LogP) is 6.71. The summed E-state index contributed by atoms with van der Waals surface area (Å²) in [5, 5.41) is 0. The molecule has 1 aromatic heterocycles. The number of esters is 1. The van der Waals surface area contributed by atoms with Crippen LogP contribution in [0.2, 0.25) is 0 Å². The van der Waals surface area contributed by atoms with E-state index in [1.54, 1.807) is 19.4 Å². The summed E-state index contributed by atoms with van der Waals surface area (Å²) >= 11 is 0. The molecule has 6 nitrogen and oxygen atoms in total. The van der Waals surface area contributed by atoms with Crippen molar-refractivity contribution in [3.05, 3.63) is 78.1 Å². The van der Waals surface area contributed by atoms with Gasteiger partial charge in [0.15, 0.2) is 11.5 Å². The van der Waals surface area contributed by atoms with E-state index >= 15 is 0 Å². The lowest BCUT2D eigenvalue weighted by Gasteiger charge is -2.27. The fraction of sp³-hybridized carbons (Fsp3) is 0.379. The summed E-state index contributed by atoms with van der Waals surface area (Å²) in [5.41, 5.74) is 2.79. The number of pyridine rings is 1. The number of hydrogen-bond acceptors (Lipinski definition) is 6. The normalized spacial score (nSPS) is 13.9. The number of ether oxygens (including phenoxy) is 3. The van der Waals surface area contributed by atoms with Gasteiger partial charge in [0.25, 0.3) is 0 Å². The van der Waals surface area contributed by atoms with E-state index in [0.29, 0.717) is 17.9 Å². The van der Waals surface area contributed by atoms with Gasteiger partial charge < -0.3 is 19.1 Å². The van der Waals surface area contributed by atoms with Gasteiger partial charge in [0, 0.05) is 36.4 Å². The minimum Gasteiger partial charge on any atom is -0.493 e. The Kier molecular flexibility index (Phi) is 7.59. The Morgan fingerprint density at radius 3 is 2.46 bits per heavy atom. The SMILES string of the molecule is COc1ccc(N(Cc2cccnc2)c2cccc(C(=O)OC(C)(C)C)c2)cc1OC1CCCC1. The topological polar surface area (TPSA) is 60.9 Å². The van der Waals surface area contributed by atoms with Crippen molar-refractivity contribution in [1.82, 2.24) is 4.98 Å². The molecule has 1 aliphatic rings. The first-order valence-corrected chi connectivity index (χ1v) is 12.2. The van der Waals surface area contributed by atoms with Crippen molar-refractivity contribution in [3.8, 4) is 11.5 Å². The summed E-state index contributed by atoms with van der Waals surface area (Å²) in [6, 6.07) is 17.5. The van der Waals surface area contributed by atoms with Crippen LogP contribution >= 0.6 is 0 Å². The smallest absolute Gasteiger partial charge is 0.338 e. The number of rotatable bonds is 8. The van der Waals surface area contributed by atoms with Gasteiger partial charge in [-0.3, -0.25) is 4.98 Å². The number of benzene rings is 2. The summed E-state index contributed by atoms with van der Waals surface area (Å²) in [4.78, 5) is 19.2. The highest BCUT2D eigenvalue weighted by Gasteiger charge is 2.22. The quantitative estimate of drug-likeness (QED) is 0.338. The van der Waals surface area contributed by atoms with E-state index in [-0.39, 0.29) is 12.1 Å². The third-order valence-corrected chi connectivity index (χ3v) is 5.91. The second kappa shape index (κ2) is 10.8. The molecule has 0 saturated heterocycles. The number of hydrogen-bond donors (Lipinski definition) is 0. The van der Waals surface area contributed by atoms with Crippen molar-refractivity contribution in [2.75, 3.05) is 12.0 Å². The number of carbonyl (C=O) groups excluding carboxylic acids is 1. The fourth-order valence-electron chi connectivity index (χ4n) is 4.25. The second-order valence-electron chi connectivity index (χ2n) is 9.86. The standard InChI is InChI=1S/C29H34N2O4/c1-29(2,3)35-28(32)22-10-7-11-23(17-22)31(20-21-9-8-16-30-19-21)24-14-15-26(33-4)27(18-24)34-25-12-5-6-13-25/h7-11,14-19,25H,5-6,12-13,20H2,1-4H3. The number of carbonyl (C=O) groups is 1.